The number of rotatable bonds is 5. The summed E-state index contributed by atoms with van der Waals surface area (Å²) in [5.74, 6) is 0.125. The third-order valence-corrected chi connectivity index (χ3v) is 2.45. The first-order chi connectivity index (χ1) is 8.47. The zero-order valence-corrected chi connectivity index (χ0v) is 12.0. The molecule has 0 saturated carbocycles. The Kier molecular flexibility index (Phi) is 5.77. The quantitative estimate of drug-likeness (QED) is 0.818. The number of halogens is 1. The Morgan fingerprint density at radius 2 is 1.94 bits per heavy atom. The molecule has 0 saturated heterocycles. The fourth-order valence-electron chi connectivity index (χ4n) is 1.30. The van der Waals surface area contributed by atoms with Gasteiger partial charge in [0.25, 0.3) is 0 Å². The molecule has 18 heavy (non-hydrogen) atoms. The van der Waals surface area contributed by atoms with Crippen molar-refractivity contribution >= 4 is 33.6 Å². The lowest BCUT2D eigenvalue weighted by atomic mass is 10.2. The van der Waals surface area contributed by atoms with Gasteiger partial charge >= 0.3 is 0 Å². The highest BCUT2D eigenvalue weighted by Gasteiger charge is 2.08. The van der Waals surface area contributed by atoms with Gasteiger partial charge in [0.1, 0.15) is 10.4 Å². The summed E-state index contributed by atoms with van der Waals surface area (Å²) in [5, 5.41) is 5.36. The lowest BCUT2D eigenvalue weighted by Crippen LogP contribution is -2.30. The van der Waals surface area contributed by atoms with E-state index in [2.05, 4.69) is 31.5 Å². The first kappa shape index (κ1) is 14.6. The Morgan fingerprint density at radius 3 is 2.56 bits per heavy atom. The van der Waals surface area contributed by atoms with Gasteiger partial charge in [-0.25, -0.2) is 4.98 Å². The molecule has 0 unspecified atom stereocenters. The van der Waals surface area contributed by atoms with Crippen LogP contribution in [0.3, 0.4) is 0 Å². The minimum absolute atomic E-state index is 0.0901. The maximum atomic E-state index is 11.6. The van der Waals surface area contributed by atoms with Crippen molar-refractivity contribution in [2.24, 2.45) is 0 Å². The summed E-state index contributed by atoms with van der Waals surface area (Å²) < 4.78 is 0.651. The van der Waals surface area contributed by atoms with E-state index in [-0.39, 0.29) is 30.7 Å². The zero-order chi connectivity index (χ0) is 13.5. The molecule has 0 bridgehead atoms. The van der Waals surface area contributed by atoms with Crippen molar-refractivity contribution in [3.05, 3.63) is 22.8 Å². The van der Waals surface area contributed by atoms with Crippen LogP contribution in [-0.2, 0) is 9.59 Å². The molecule has 0 aliphatic heterocycles. The van der Waals surface area contributed by atoms with E-state index < -0.39 is 0 Å². The number of pyridine rings is 1. The molecule has 0 aliphatic carbocycles. The van der Waals surface area contributed by atoms with Gasteiger partial charge in [0.2, 0.25) is 11.8 Å². The van der Waals surface area contributed by atoms with Crippen LogP contribution < -0.4 is 10.6 Å². The third-order valence-electron chi connectivity index (χ3n) is 2.01. The molecule has 0 aromatic carbocycles. The summed E-state index contributed by atoms with van der Waals surface area (Å²) in [4.78, 5) is 27.0. The maximum absolute atomic E-state index is 11.6. The molecular weight excluding hydrogens is 298 g/mol. The smallest absolute Gasteiger partial charge is 0.226 e. The molecule has 0 radical (unpaired) electrons. The van der Waals surface area contributed by atoms with Crippen LogP contribution in [0.25, 0.3) is 0 Å². The lowest BCUT2D eigenvalue weighted by molar-refractivity contribution is -0.124. The molecule has 0 spiro atoms. The topological polar surface area (TPSA) is 71.1 Å². The molecule has 6 heteroatoms. The Bertz CT molecular complexity index is 435. The van der Waals surface area contributed by atoms with Gasteiger partial charge in [-0.15, -0.1) is 0 Å². The van der Waals surface area contributed by atoms with Gasteiger partial charge in [-0.1, -0.05) is 6.07 Å². The number of hydrogen-bond acceptors (Lipinski definition) is 3. The molecular formula is C12H16BrN3O2. The summed E-state index contributed by atoms with van der Waals surface area (Å²) in [6.07, 6.45) is 0.324. The minimum atomic E-state index is -0.223. The predicted octanol–water partition coefficient (Wildman–Crippen LogP) is 2.09. The van der Waals surface area contributed by atoms with Crippen LogP contribution in [0.2, 0.25) is 0 Å². The van der Waals surface area contributed by atoms with Crippen molar-refractivity contribution < 1.29 is 9.59 Å². The standard InChI is InChI=1S/C12H16BrN3O2/c1-8(2)14-11(17)6-7-12(18)16-10-5-3-4-9(13)15-10/h3-5,8H,6-7H2,1-2H3,(H,14,17)(H,15,16,18). The predicted molar refractivity (Wildman–Crippen MR) is 73.1 cm³/mol. The minimum Gasteiger partial charge on any atom is -0.354 e. The highest BCUT2D eigenvalue weighted by molar-refractivity contribution is 9.10. The first-order valence-electron chi connectivity index (χ1n) is 5.69. The van der Waals surface area contributed by atoms with E-state index in [0.717, 1.165) is 0 Å². The summed E-state index contributed by atoms with van der Waals surface area (Å²) in [6.45, 7) is 3.76. The summed E-state index contributed by atoms with van der Waals surface area (Å²) in [5.41, 5.74) is 0. The Labute approximate surface area is 114 Å². The molecule has 98 valence electrons. The van der Waals surface area contributed by atoms with Gasteiger partial charge in [0.05, 0.1) is 0 Å². The largest absolute Gasteiger partial charge is 0.354 e. The Balaban J connectivity index is 2.36. The average Bonchev–Trinajstić information content (AvgIpc) is 2.25. The van der Waals surface area contributed by atoms with E-state index in [1.807, 2.05) is 13.8 Å². The average molecular weight is 314 g/mol. The van der Waals surface area contributed by atoms with Gasteiger partial charge in [-0.3, -0.25) is 9.59 Å². The molecule has 1 heterocycles. The number of carbonyl (C=O) groups is 2. The third kappa shape index (κ3) is 5.77. The van der Waals surface area contributed by atoms with E-state index in [1.165, 1.54) is 0 Å². The number of amides is 2. The SMILES string of the molecule is CC(C)NC(=O)CCC(=O)Nc1cccc(Br)n1. The van der Waals surface area contributed by atoms with Gasteiger partial charge in [-0.2, -0.15) is 0 Å². The van der Waals surface area contributed by atoms with Crippen LogP contribution in [0, 0.1) is 0 Å². The number of aromatic nitrogens is 1. The van der Waals surface area contributed by atoms with Crippen LogP contribution in [0.15, 0.2) is 22.8 Å². The van der Waals surface area contributed by atoms with Crippen LogP contribution in [0.4, 0.5) is 5.82 Å². The molecule has 0 fully saturated rings. The van der Waals surface area contributed by atoms with Crippen molar-refractivity contribution in [1.29, 1.82) is 0 Å². The van der Waals surface area contributed by atoms with Gasteiger partial charge in [0.15, 0.2) is 0 Å². The summed E-state index contributed by atoms with van der Waals surface area (Å²) in [6, 6.07) is 5.33. The van der Waals surface area contributed by atoms with E-state index in [1.54, 1.807) is 18.2 Å². The second kappa shape index (κ2) is 7.10. The molecule has 2 amide bonds. The summed E-state index contributed by atoms with van der Waals surface area (Å²) >= 11 is 3.21. The highest BCUT2D eigenvalue weighted by Crippen LogP contribution is 2.10. The van der Waals surface area contributed by atoms with E-state index in [0.29, 0.717) is 10.4 Å². The van der Waals surface area contributed by atoms with E-state index in [4.69, 9.17) is 0 Å². The fraction of sp³-hybridized carbons (Fsp3) is 0.417. The van der Waals surface area contributed by atoms with Crippen LogP contribution in [-0.4, -0.2) is 22.8 Å². The number of nitrogens with zero attached hydrogens (tertiary/aromatic N) is 1. The van der Waals surface area contributed by atoms with Gasteiger partial charge < -0.3 is 10.6 Å². The second-order valence-electron chi connectivity index (χ2n) is 4.12. The van der Waals surface area contributed by atoms with Crippen LogP contribution >= 0.6 is 15.9 Å². The van der Waals surface area contributed by atoms with E-state index >= 15 is 0 Å². The molecule has 1 aromatic heterocycles. The monoisotopic (exact) mass is 313 g/mol. The van der Waals surface area contributed by atoms with Crippen LogP contribution in [0.5, 0.6) is 0 Å². The lowest BCUT2D eigenvalue weighted by Gasteiger charge is -2.08. The molecule has 1 aromatic rings. The number of nitrogens with one attached hydrogen (secondary N) is 2. The first-order valence-corrected chi connectivity index (χ1v) is 6.48. The Hall–Kier alpha value is -1.43. The van der Waals surface area contributed by atoms with Crippen molar-refractivity contribution in [3.63, 3.8) is 0 Å². The Morgan fingerprint density at radius 1 is 1.28 bits per heavy atom. The number of carbonyl (C=O) groups excluding carboxylic acids is 2. The zero-order valence-electron chi connectivity index (χ0n) is 10.4. The molecule has 5 nitrogen and oxygen atoms in total. The molecule has 1 rings (SSSR count). The van der Waals surface area contributed by atoms with Crippen molar-refractivity contribution in [3.8, 4) is 0 Å². The highest BCUT2D eigenvalue weighted by atomic mass is 79.9. The summed E-state index contributed by atoms with van der Waals surface area (Å²) in [7, 11) is 0. The molecule has 0 aliphatic rings. The number of hydrogen-bond donors (Lipinski definition) is 2. The second-order valence-corrected chi connectivity index (χ2v) is 4.93. The van der Waals surface area contributed by atoms with Crippen molar-refractivity contribution in [1.82, 2.24) is 10.3 Å². The normalized spacial score (nSPS) is 10.2. The fourth-order valence-corrected chi connectivity index (χ4v) is 1.65. The van der Waals surface area contributed by atoms with E-state index in [9.17, 15) is 9.59 Å². The van der Waals surface area contributed by atoms with Gasteiger partial charge in [-0.05, 0) is 41.9 Å². The molecule has 2 N–H and O–H groups in total. The van der Waals surface area contributed by atoms with Gasteiger partial charge in [0, 0.05) is 18.9 Å². The number of anilines is 1. The van der Waals surface area contributed by atoms with Crippen LogP contribution in [0.1, 0.15) is 26.7 Å². The molecule has 0 atom stereocenters. The maximum Gasteiger partial charge on any atom is 0.226 e. The van der Waals surface area contributed by atoms with Crippen molar-refractivity contribution in [2.75, 3.05) is 5.32 Å². The van der Waals surface area contributed by atoms with Crippen molar-refractivity contribution in [2.45, 2.75) is 32.7 Å².